The fourth-order valence-corrected chi connectivity index (χ4v) is 3.42. The maximum absolute atomic E-state index is 12.9. The van der Waals surface area contributed by atoms with Gasteiger partial charge in [-0.2, -0.15) is 0 Å². The lowest BCUT2D eigenvalue weighted by atomic mass is 10.1. The van der Waals surface area contributed by atoms with E-state index in [9.17, 15) is 4.79 Å². The van der Waals surface area contributed by atoms with E-state index in [2.05, 4.69) is 25.2 Å². The van der Waals surface area contributed by atoms with Crippen molar-refractivity contribution in [1.82, 2.24) is 24.8 Å². The fourth-order valence-electron chi connectivity index (χ4n) is 3.42. The number of rotatable bonds is 8. The SMILES string of the molecule is COCCn1c([C@@H](C)NC(=O)c2cccc(Nc3ncccn3)c2)nc2ccccc21. The van der Waals surface area contributed by atoms with Crippen molar-refractivity contribution in [3.63, 3.8) is 0 Å². The summed E-state index contributed by atoms with van der Waals surface area (Å²) < 4.78 is 7.35. The molecule has 8 heteroatoms. The number of para-hydroxylation sites is 2. The van der Waals surface area contributed by atoms with Gasteiger partial charge in [0.2, 0.25) is 5.95 Å². The molecule has 0 aliphatic rings. The van der Waals surface area contributed by atoms with Crippen molar-refractivity contribution < 1.29 is 9.53 Å². The van der Waals surface area contributed by atoms with Gasteiger partial charge in [0.05, 0.1) is 23.7 Å². The first kappa shape index (κ1) is 20.5. The number of methoxy groups -OCH3 is 1. The van der Waals surface area contributed by atoms with Crippen LogP contribution in [0.25, 0.3) is 11.0 Å². The Morgan fingerprint density at radius 1 is 1.10 bits per heavy atom. The number of carbonyl (C=O) groups is 1. The van der Waals surface area contributed by atoms with Crippen molar-refractivity contribution >= 4 is 28.6 Å². The van der Waals surface area contributed by atoms with Crippen LogP contribution in [0.1, 0.15) is 29.1 Å². The zero-order chi connectivity index (χ0) is 21.6. The summed E-state index contributed by atoms with van der Waals surface area (Å²) in [6, 6.07) is 16.6. The number of ether oxygens (including phenoxy) is 1. The monoisotopic (exact) mass is 416 g/mol. The Hall–Kier alpha value is -3.78. The van der Waals surface area contributed by atoms with Gasteiger partial charge in [-0.05, 0) is 43.3 Å². The van der Waals surface area contributed by atoms with Crippen LogP contribution in [0.4, 0.5) is 11.6 Å². The highest BCUT2D eigenvalue weighted by Crippen LogP contribution is 2.22. The summed E-state index contributed by atoms with van der Waals surface area (Å²) in [5.41, 5.74) is 3.18. The Kier molecular flexibility index (Phi) is 6.18. The van der Waals surface area contributed by atoms with Gasteiger partial charge >= 0.3 is 0 Å². The van der Waals surface area contributed by atoms with Gasteiger partial charge in [-0.25, -0.2) is 15.0 Å². The summed E-state index contributed by atoms with van der Waals surface area (Å²) in [5.74, 6) is 1.08. The molecule has 2 N–H and O–H groups in total. The molecule has 0 aliphatic heterocycles. The Morgan fingerprint density at radius 3 is 2.71 bits per heavy atom. The standard InChI is InChI=1S/C23H24N6O2/c1-16(21-28-19-9-3-4-10-20(19)29(21)13-14-31-2)26-22(30)17-7-5-8-18(15-17)27-23-24-11-6-12-25-23/h3-12,15-16H,13-14H2,1-2H3,(H,26,30)(H,24,25,27)/t16-/m1/s1. The zero-order valence-corrected chi connectivity index (χ0v) is 17.4. The van der Waals surface area contributed by atoms with E-state index in [1.807, 2.05) is 43.3 Å². The van der Waals surface area contributed by atoms with Gasteiger partial charge in [0.25, 0.3) is 5.91 Å². The average molecular weight is 416 g/mol. The molecule has 4 aromatic rings. The lowest BCUT2D eigenvalue weighted by Crippen LogP contribution is -2.29. The van der Waals surface area contributed by atoms with Crippen LogP contribution in [0.15, 0.2) is 67.0 Å². The highest BCUT2D eigenvalue weighted by molar-refractivity contribution is 5.95. The molecule has 0 aliphatic carbocycles. The lowest BCUT2D eigenvalue weighted by Gasteiger charge is -2.16. The molecular formula is C23H24N6O2. The van der Waals surface area contributed by atoms with Crippen molar-refractivity contribution in [2.75, 3.05) is 19.0 Å². The maximum Gasteiger partial charge on any atom is 0.251 e. The van der Waals surface area contributed by atoms with Gasteiger partial charge in [-0.3, -0.25) is 4.79 Å². The molecule has 0 saturated carbocycles. The Balaban J connectivity index is 1.53. The summed E-state index contributed by atoms with van der Waals surface area (Å²) in [7, 11) is 1.67. The molecule has 0 radical (unpaired) electrons. The molecule has 158 valence electrons. The van der Waals surface area contributed by atoms with E-state index in [4.69, 9.17) is 9.72 Å². The number of fused-ring (bicyclic) bond motifs is 1. The van der Waals surface area contributed by atoms with Gasteiger partial charge < -0.3 is 19.9 Å². The number of amides is 1. The Labute approximate surface area is 180 Å². The summed E-state index contributed by atoms with van der Waals surface area (Å²) in [6.45, 7) is 3.15. The summed E-state index contributed by atoms with van der Waals surface area (Å²) in [5, 5.41) is 6.16. The molecule has 0 bridgehead atoms. The third-order valence-corrected chi connectivity index (χ3v) is 4.88. The zero-order valence-electron chi connectivity index (χ0n) is 17.4. The molecule has 2 aromatic heterocycles. The maximum atomic E-state index is 12.9. The number of anilines is 2. The summed E-state index contributed by atoms with van der Waals surface area (Å²) >= 11 is 0. The van der Waals surface area contributed by atoms with Gasteiger partial charge in [0.1, 0.15) is 5.82 Å². The van der Waals surface area contributed by atoms with E-state index in [1.165, 1.54) is 0 Å². The van der Waals surface area contributed by atoms with E-state index < -0.39 is 0 Å². The summed E-state index contributed by atoms with van der Waals surface area (Å²) in [4.78, 5) is 26.0. The predicted molar refractivity (Wildman–Crippen MR) is 119 cm³/mol. The lowest BCUT2D eigenvalue weighted by molar-refractivity contribution is 0.0937. The van der Waals surface area contributed by atoms with Crippen LogP contribution in [-0.2, 0) is 11.3 Å². The first-order chi connectivity index (χ1) is 15.2. The van der Waals surface area contributed by atoms with Crippen LogP contribution in [0.3, 0.4) is 0 Å². The number of hydrogen-bond donors (Lipinski definition) is 2. The smallest absolute Gasteiger partial charge is 0.251 e. The molecule has 8 nitrogen and oxygen atoms in total. The van der Waals surface area contributed by atoms with Crippen LogP contribution in [-0.4, -0.2) is 39.1 Å². The normalized spacial score (nSPS) is 11.9. The van der Waals surface area contributed by atoms with Gasteiger partial charge in [-0.1, -0.05) is 18.2 Å². The first-order valence-electron chi connectivity index (χ1n) is 10.0. The quantitative estimate of drug-likeness (QED) is 0.455. The van der Waals surface area contributed by atoms with Crippen molar-refractivity contribution in [2.24, 2.45) is 0 Å². The first-order valence-corrected chi connectivity index (χ1v) is 10.0. The number of hydrogen-bond acceptors (Lipinski definition) is 6. The van der Waals surface area contributed by atoms with E-state index in [0.717, 1.165) is 22.5 Å². The minimum absolute atomic E-state index is 0.185. The Morgan fingerprint density at radius 2 is 1.90 bits per heavy atom. The molecular weight excluding hydrogens is 392 g/mol. The van der Waals surface area contributed by atoms with Crippen molar-refractivity contribution in [3.05, 3.63) is 78.4 Å². The minimum atomic E-state index is -0.286. The van der Waals surface area contributed by atoms with Crippen molar-refractivity contribution in [1.29, 1.82) is 0 Å². The van der Waals surface area contributed by atoms with Crippen molar-refractivity contribution in [3.8, 4) is 0 Å². The third-order valence-electron chi connectivity index (χ3n) is 4.88. The second-order valence-electron chi connectivity index (χ2n) is 7.08. The molecule has 2 heterocycles. The van der Waals surface area contributed by atoms with Crippen LogP contribution >= 0.6 is 0 Å². The number of aromatic nitrogens is 4. The van der Waals surface area contributed by atoms with Gasteiger partial charge in [0.15, 0.2) is 0 Å². The van der Waals surface area contributed by atoms with Crippen molar-refractivity contribution in [2.45, 2.75) is 19.5 Å². The number of carbonyl (C=O) groups excluding carboxylic acids is 1. The van der Waals surface area contributed by atoms with E-state index in [1.54, 1.807) is 37.7 Å². The molecule has 4 rings (SSSR count). The van der Waals surface area contributed by atoms with E-state index in [0.29, 0.717) is 24.7 Å². The Bertz CT molecular complexity index is 1180. The van der Waals surface area contributed by atoms with Gasteiger partial charge in [0, 0.05) is 37.3 Å². The second-order valence-corrected chi connectivity index (χ2v) is 7.08. The summed E-state index contributed by atoms with van der Waals surface area (Å²) in [6.07, 6.45) is 3.31. The molecule has 1 amide bonds. The highest BCUT2D eigenvalue weighted by Gasteiger charge is 2.19. The van der Waals surface area contributed by atoms with Crippen LogP contribution in [0, 0.1) is 0 Å². The molecule has 0 saturated heterocycles. The van der Waals surface area contributed by atoms with Crippen LogP contribution in [0.2, 0.25) is 0 Å². The number of nitrogens with zero attached hydrogens (tertiary/aromatic N) is 4. The highest BCUT2D eigenvalue weighted by atomic mass is 16.5. The number of nitrogens with one attached hydrogen (secondary N) is 2. The largest absolute Gasteiger partial charge is 0.383 e. The third kappa shape index (κ3) is 4.70. The molecule has 2 aromatic carbocycles. The molecule has 0 spiro atoms. The average Bonchev–Trinajstić information content (AvgIpc) is 3.17. The second kappa shape index (κ2) is 9.36. The van der Waals surface area contributed by atoms with E-state index >= 15 is 0 Å². The van der Waals surface area contributed by atoms with Gasteiger partial charge in [-0.15, -0.1) is 0 Å². The number of imidazole rings is 1. The number of benzene rings is 2. The molecule has 31 heavy (non-hydrogen) atoms. The molecule has 1 atom stereocenters. The van der Waals surface area contributed by atoms with Crippen LogP contribution in [0.5, 0.6) is 0 Å². The molecule has 0 fully saturated rings. The molecule has 0 unspecified atom stereocenters. The van der Waals surface area contributed by atoms with Crippen LogP contribution < -0.4 is 10.6 Å². The fraction of sp³-hybridized carbons (Fsp3) is 0.217. The van der Waals surface area contributed by atoms with E-state index in [-0.39, 0.29) is 11.9 Å². The minimum Gasteiger partial charge on any atom is -0.383 e. The predicted octanol–water partition coefficient (Wildman–Crippen LogP) is 3.71. The topological polar surface area (TPSA) is 94.0 Å².